The van der Waals surface area contributed by atoms with Crippen LogP contribution in [0.5, 0.6) is 0 Å². The zero-order valence-corrected chi connectivity index (χ0v) is 26.0. The lowest BCUT2D eigenvalue weighted by Crippen LogP contribution is -2.60. The van der Waals surface area contributed by atoms with E-state index in [1.807, 2.05) is 0 Å². The van der Waals surface area contributed by atoms with Crippen molar-refractivity contribution in [3.05, 3.63) is 11.6 Å². The van der Waals surface area contributed by atoms with Crippen LogP contribution in [0, 0.1) is 52.3 Å². The minimum atomic E-state index is -1.40. The average molecular weight is 563 g/mol. The third-order valence-corrected chi connectivity index (χ3v) is 13.2. The van der Waals surface area contributed by atoms with E-state index in [4.69, 9.17) is 9.47 Å². The van der Waals surface area contributed by atoms with Crippen LogP contribution in [0.4, 0.5) is 0 Å². The molecule has 0 amide bonds. The zero-order chi connectivity index (χ0) is 29.0. The Morgan fingerprint density at radius 2 is 1.68 bits per heavy atom. The molecule has 5 aliphatic rings. The highest BCUT2D eigenvalue weighted by Gasteiger charge is 2.59. The molecule has 0 aromatic heterocycles. The molecule has 0 aromatic carbocycles. The minimum absolute atomic E-state index is 0.101. The van der Waals surface area contributed by atoms with Crippen LogP contribution in [0.1, 0.15) is 106 Å². The summed E-state index contributed by atoms with van der Waals surface area (Å²) in [5.74, 6) is 5.60. The minimum Gasteiger partial charge on any atom is -0.394 e. The standard InChI is InChI=1S/C34H58O6/c1-19(2)20(3)7-8-21(4)25-11-12-26-24-10-9-22-17-23(13-15-33(22,5)27(24)14-16-34(25,26)6)39-32-31(38)30(37)29(36)28(18-35)40-32/h9,19-21,23-32,35-38H,7-8,10-18H2,1-6H3/t20-,21?,23+,24+,25-,26+,27+,28-,29-,30+,31-,32-,33-,34-/m1/s1. The van der Waals surface area contributed by atoms with Gasteiger partial charge in [-0.25, -0.2) is 0 Å². The fourth-order valence-corrected chi connectivity index (χ4v) is 10.1. The first-order valence-corrected chi connectivity index (χ1v) is 16.6. The van der Waals surface area contributed by atoms with Crippen molar-refractivity contribution >= 4 is 0 Å². The Morgan fingerprint density at radius 1 is 0.925 bits per heavy atom. The van der Waals surface area contributed by atoms with Gasteiger partial charge < -0.3 is 29.9 Å². The number of aliphatic hydroxyl groups excluding tert-OH is 4. The largest absolute Gasteiger partial charge is 0.394 e. The second-order valence-electron chi connectivity index (χ2n) is 15.5. The van der Waals surface area contributed by atoms with E-state index in [1.54, 1.807) is 0 Å². The lowest BCUT2D eigenvalue weighted by atomic mass is 9.47. The number of ether oxygens (including phenoxy) is 2. The maximum absolute atomic E-state index is 10.5. The molecule has 3 saturated carbocycles. The molecule has 6 nitrogen and oxygen atoms in total. The second-order valence-corrected chi connectivity index (χ2v) is 15.5. The molecule has 230 valence electrons. The summed E-state index contributed by atoms with van der Waals surface area (Å²) in [6.07, 6.45) is 8.56. The third-order valence-electron chi connectivity index (χ3n) is 13.2. The predicted octanol–water partition coefficient (Wildman–Crippen LogP) is 5.46. The molecule has 14 atom stereocenters. The van der Waals surface area contributed by atoms with Crippen LogP contribution in [0.25, 0.3) is 0 Å². The lowest BCUT2D eigenvalue weighted by molar-refractivity contribution is -0.313. The van der Waals surface area contributed by atoms with Crippen molar-refractivity contribution < 1.29 is 29.9 Å². The van der Waals surface area contributed by atoms with Crippen molar-refractivity contribution in [2.45, 2.75) is 143 Å². The van der Waals surface area contributed by atoms with Crippen LogP contribution in [0.3, 0.4) is 0 Å². The van der Waals surface area contributed by atoms with Gasteiger partial charge in [0, 0.05) is 0 Å². The fourth-order valence-electron chi connectivity index (χ4n) is 10.1. The summed E-state index contributed by atoms with van der Waals surface area (Å²) < 4.78 is 11.9. The first kappa shape index (κ1) is 30.9. The Hall–Kier alpha value is -0.500. The first-order valence-electron chi connectivity index (χ1n) is 16.6. The van der Waals surface area contributed by atoms with Crippen LogP contribution in [-0.4, -0.2) is 63.8 Å². The lowest BCUT2D eigenvalue weighted by Gasteiger charge is -2.58. The molecule has 4 N–H and O–H groups in total. The second kappa shape index (κ2) is 11.9. The number of allylic oxidation sites excluding steroid dienone is 1. The summed E-state index contributed by atoms with van der Waals surface area (Å²) in [5.41, 5.74) is 2.19. The molecule has 0 spiro atoms. The van der Waals surface area contributed by atoms with Gasteiger partial charge in [-0.1, -0.05) is 66.0 Å². The highest BCUT2D eigenvalue weighted by molar-refractivity contribution is 5.25. The van der Waals surface area contributed by atoms with Crippen molar-refractivity contribution in [2.75, 3.05) is 6.61 Å². The van der Waals surface area contributed by atoms with Crippen molar-refractivity contribution in [2.24, 2.45) is 52.3 Å². The van der Waals surface area contributed by atoms with Gasteiger partial charge in [-0.05, 0) is 104 Å². The molecule has 0 radical (unpaired) electrons. The predicted molar refractivity (Wildman–Crippen MR) is 156 cm³/mol. The Bertz CT molecular complexity index is 903. The number of hydrogen-bond acceptors (Lipinski definition) is 6. The summed E-state index contributed by atoms with van der Waals surface area (Å²) in [6, 6.07) is 0. The molecule has 0 aromatic rings. The van der Waals surface area contributed by atoms with Crippen molar-refractivity contribution in [1.82, 2.24) is 0 Å². The van der Waals surface area contributed by atoms with Crippen LogP contribution in [0.15, 0.2) is 11.6 Å². The highest BCUT2D eigenvalue weighted by Crippen LogP contribution is 2.67. The maximum atomic E-state index is 10.5. The van der Waals surface area contributed by atoms with Crippen LogP contribution >= 0.6 is 0 Å². The van der Waals surface area contributed by atoms with Gasteiger partial charge in [-0.2, -0.15) is 0 Å². The molecule has 0 bridgehead atoms. The number of fused-ring (bicyclic) bond motifs is 5. The molecule has 1 heterocycles. The quantitative estimate of drug-likeness (QED) is 0.293. The molecule has 40 heavy (non-hydrogen) atoms. The van der Waals surface area contributed by atoms with Gasteiger partial charge in [0.1, 0.15) is 24.4 Å². The smallest absolute Gasteiger partial charge is 0.186 e. The number of rotatable bonds is 8. The molecule has 4 fully saturated rings. The van der Waals surface area contributed by atoms with E-state index in [9.17, 15) is 20.4 Å². The fraction of sp³-hybridized carbons (Fsp3) is 0.941. The van der Waals surface area contributed by atoms with Gasteiger partial charge >= 0.3 is 0 Å². The molecular formula is C34H58O6. The summed E-state index contributed by atoms with van der Waals surface area (Å²) in [4.78, 5) is 0. The van der Waals surface area contributed by atoms with E-state index in [2.05, 4.69) is 47.6 Å². The molecule has 4 aliphatic carbocycles. The zero-order valence-electron chi connectivity index (χ0n) is 26.0. The Kier molecular flexibility index (Phi) is 9.19. The van der Waals surface area contributed by atoms with E-state index in [0.29, 0.717) is 5.41 Å². The molecule has 1 aliphatic heterocycles. The van der Waals surface area contributed by atoms with Crippen LogP contribution in [0.2, 0.25) is 0 Å². The topological polar surface area (TPSA) is 99.4 Å². The molecule has 1 unspecified atom stereocenters. The van der Waals surface area contributed by atoms with E-state index in [-0.39, 0.29) is 11.5 Å². The van der Waals surface area contributed by atoms with Gasteiger partial charge in [0.25, 0.3) is 0 Å². The monoisotopic (exact) mass is 562 g/mol. The summed E-state index contributed by atoms with van der Waals surface area (Å²) in [5, 5.41) is 40.3. The van der Waals surface area contributed by atoms with Crippen LogP contribution < -0.4 is 0 Å². The van der Waals surface area contributed by atoms with Gasteiger partial charge in [0.2, 0.25) is 0 Å². The van der Waals surface area contributed by atoms with Gasteiger partial charge in [-0.3, -0.25) is 0 Å². The Morgan fingerprint density at radius 3 is 2.38 bits per heavy atom. The van der Waals surface area contributed by atoms with E-state index >= 15 is 0 Å². The Labute approximate surface area is 242 Å². The van der Waals surface area contributed by atoms with E-state index < -0.39 is 37.3 Å². The maximum Gasteiger partial charge on any atom is 0.186 e. The number of aliphatic hydroxyl groups is 4. The van der Waals surface area contributed by atoms with Crippen molar-refractivity contribution in [3.8, 4) is 0 Å². The van der Waals surface area contributed by atoms with Crippen molar-refractivity contribution in [3.63, 3.8) is 0 Å². The summed E-state index contributed by atoms with van der Waals surface area (Å²) in [6.45, 7) is 14.4. The van der Waals surface area contributed by atoms with Gasteiger partial charge in [0.05, 0.1) is 12.7 Å². The van der Waals surface area contributed by atoms with E-state index in [0.717, 1.165) is 60.7 Å². The average Bonchev–Trinajstić information content (AvgIpc) is 3.29. The molecule has 6 heteroatoms. The molecule has 1 saturated heterocycles. The first-order chi connectivity index (χ1) is 18.9. The SMILES string of the molecule is CC(C)[C@H](C)CCC(C)[C@H]1CC[C@H]2[C@@H]3CC=C4C[C@@H](O[C@@H]5O[C@H](CO)[C@@H](O)[C@H](O)[C@H]5O)CC[C@@]4(C)[C@H]3CC[C@]12C. The Balaban J connectivity index is 1.24. The molecular weight excluding hydrogens is 504 g/mol. The normalized spacial score (nSPS) is 48.6. The van der Waals surface area contributed by atoms with Gasteiger partial charge in [-0.15, -0.1) is 0 Å². The van der Waals surface area contributed by atoms with Crippen molar-refractivity contribution in [1.29, 1.82) is 0 Å². The number of hydrogen-bond donors (Lipinski definition) is 4. The third kappa shape index (κ3) is 5.36. The van der Waals surface area contributed by atoms with E-state index in [1.165, 1.54) is 50.5 Å². The highest BCUT2D eigenvalue weighted by atomic mass is 16.7. The molecule has 5 rings (SSSR count). The van der Waals surface area contributed by atoms with Gasteiger partial charge in [0.15, 0.2) is 6.29 Å². The summed E-state index contributed by atoms with van der Waals surface area (Å²) >= 11 is 0. The van der Waals surface area contributed by atoms with Crippen LogP contribution in [-0.2, 0) is 9.47 Å². The summed E-state index contributed by atoms with van der Waals surface area (Å²) in [7, 11) is 0.